The van der Waals surface area contributed by atoms with E-state index in [1.165, 1.54) is 22.4 Å². The molecule has 0 bridgehead atoms. The summed E-state index contributed by atoms with van der Waals surface area (Å²) in [4.78, 5) is 14.3. The van der Waals surface area contributed by atoms with Crippen molar-refractivity contribution in [1.29, 1.82) is 0 Å². The van der Waals surface area contributed by atoms with Gasteiger partial charge in [0.2, 0.25) is 10.0 Å². The normalized spacial score (nSPS) is 21.9. The Kier molecular flexibility index (Phi) is 6.60. The van der Waals surface area contributed by atoms with Crippen LogP contribution in [0.25, 0.3) is 0 Å². The van der Waals surface area contributed by atoms with E-state index in [9.17, 15) is 13.2 Å². The van der Waals surface area contributed by atoms with E-state index in [-0.39, 0.29) is 28.6 Å². The van der Waals surface area contributed by atoms with Gasteiger partial charge in [-0.2, -0.15) is 4.31 Å². The first-order chi connectivity index (χ1) is 14.9. The summed E-state index contributed by atoms with van der Waals surface area (Å²) in [5.41, 5.74) is 1.43. The van der Waals surface area contributed by atoms with Gasteiger partial charge in [-0.1, -0.05) is 24.6 Å². The molecular weight excluding hydrogens is 432 g/mol. The number of piperidine rings is 1. The first-order valence-electron chi connectivity index (χ1n) is 10.6. The van der Waals surface area contributed by atoms with E-state index in [1.807, 2.05) is 25.1 Å². The SMILES string of the molecule is COc1ccc(C(=O)N[C@H]2CCSc3ccccc32)cc1S(=O)(=O)N1CCCC[C@@H]1C. The maximum Gasteiger partial charge on any atom is 0.251 e. The summed E-state index contributed by atoms with van der Waals surface area (Å²) in [6.07, 6.45) is 3.53. The highest BCUT2D eigenvalue weighted by Gasteiger charge is 2.34. The topological polar surface area (TPSA) is 75.7 Å². The van der Waals surface area contributed by atoms with E-state index in [1.54, 1.807) is 23.9 Å². The lowest BCUT2D eigenvalue weighted by atomic mass is 10.0. The Balaban J connectivity index is 1.63. The molecule has 6 nitrogen and oxygen atoms in total. The number of hydrogen-bond donors (Lipinski definition) is 1. The molecule has 31 heavy (non-hydrogen) atoms. The van der Waals surface area contributed by atoms with Gasteiger partial charge in [-0.25, -0.2) is 8.42 Å². The first-order valence-corrected chi connectivity index (χ1v) is 13.1. The molecule has 0 saturated carbocycles. The van der Waals surface area contributed by atoms with Gasteiger partial charge >= 0.3 is 0 Å². The fourth-order valence-electron chi connectivity index (χ4n) is 4.31. The van der Waals surface area contributed by atoms with Gasteiger partial charge in [-0.15, -0.1) is 11.8 Å². The monoisotopic (exact) mass is 460 g/mol. The van der Waals surface area contributed by atoms with Crippen molar-refractivity contribution in [3.8, 4) is 5.75 Å². The molecule has 2 aliphatic rings. The summed E-state index contributed by atoms with van der Waals surface area (Å²) in [6.45, 7) is 2.41. The number of fused-ring (bicyclic) bond motifs is 1. The van der Waals surface area contributed by atoms with Crippen LogP contribution in [0.3, 0.4) is 0 Å². The third-order valence-corrected chi connectivity index (χ3v) is 9.18. The van der Waals surface area contributed by atoms with Gasteiger partial charge in [-0.05, 0) is 56.0 Å². The molecule has 1 fully saturated rings. The number of thioether (sulfide) groups is 1. The minimum absolute atomic E-state index is 0.0519. The Labute approximate surface area is 188 Å². The molecule has 2 heterocycles. The number of nitrogens with zero attached hydrogens (tertiary/aromatic N) is 1. The first kappa shape index (κ1) is 22.2. The molecule has 2 aromatic carbocycles. The standard InChI is InChI=1S/C23H28N2O4S2/c1-16-7-5-6-13-25(16)31(27,28)22-15-17(10-11-20(22)29-2)23(26)24-19-12-14-30-21-9-4-3-8-18(19)21/h3-4,8-11,15-16,19H,5-7,12-14H2,1-2H3,(H,24,26)/t16-,19-/m0/s1. The van der Waals surface area contributed by atoms with Crippen LogP contribution in [0.15, 0.2) is 52.3 Å². The van der Waals surface area contributed by atoms with Crippen molar-refractivity contribution in [1.82, 2.24) is 9.62 Å². The van der Waals surface area contributed by atoms with E-state index in [2.05, 4.69) is 11.4 Å². The highest BCUT2D eigenvalue weighted by atomic mass is 32.2. The minimum atomic E-state index is -3.77. The van der Waals surface area contributed by atoms with Crippen LogP contribution in [-0.4, -0.2) is 44.1 Å². The Hall–Kier alpha value is -2.03. The Morgan fingerprint density at radius 1 is 1.16 bits per heavy atom. The number of carbonyl (C=O) groups is 1. The third kappa shape index (κ3) is 4.47. The minimum Gasteiger partial charge on any atom is -0.495 e. The van der Waals surface area contributed by atoms with Gasteiger partial charge < -0.3 is 10.1 Å². The molecule has 8 heteroatoms. The van der Waals surface area contributed by atoms with Crippen LogP contribution in [0.2, 0.25) is 0 Å². The van der Waals surface area contributed by atoms with Crippen molar-refractivity contribution in [2.75, 3.05) is 19.4 Å². The maximum absolute atomic E-state index is 13.4. The Bertz CT molecular complexity index is 1070. The average molecular weight is 461 g/mol. The van der Waals surface area contributed by atoms with E-state index in [4.69, 9.17) is 4.74 Å². The molecule has 1 amide bonds. The molecule has 2 atom stereocenters. The fourth-order valence-corrected chi connectivity index (χ4v) is 7.32. The summed E-state index contributed by atoms with van der Waals surface area (Å²) >= 11 is 1.79. The van der Waals surface area contributed by atoms with Crippen LogP contribution in [-0.2, 0) is 10.0 Å². The van der Waals surface area contributed by atoms with Crippen LogP contribution in [0.1, 0.15) is 54.6 Å². The summed E-state index contributed by atoms with van der Waals surface area (Å²) < 4.78 is 33.7. The smallest absolute Gasteiger partial charge is 0.251 e. The number of hydrogen-bond acceptors (Lipinski definition) is 5. The zero-order valence-electron chi connectivity index (χ0n) is 17.8. The van der Waals surface area contributed by atoms with Gasteiger partial charge in [0.25, 0.3) is 5.91 Å². The van der Waals surface area contributed by atoms with Gasteiger partial charge in [0, 0.05) is 28.8 Å². The van der Waals surface area contributed by atoms with Gasteiger partial charge in [0.05, 0.1) is 13.2 Å². The van der Waals surface area contributed by atoms with Crippen molar-refractivity contribution in [2.24, 2.45) is 0 Å². The molecule has 0 radical (unpaired) electrons. The van der Waals surface area contributed by atoms with Crippen LogP contribution >= 0.6 is 11.8 Å². The molecule has 0 aliphatic carbocycles. The average Bonchev–Trinajstić information content (AvgIpc) is 2.79. The number of rotatable bonds is 5. The second-order valence-electron chi connectivity index (χ2n) is 8.03. The number of methoxy groups -OCH3 is 1. The van der Waals surface area contributed by atoms with Crippen LogP contribution in [0.5, 0.6) is 5.75 Å². The summed E-state index contributed by atoms with van der Waals surface area (Å²) in [7, 11) is -2.32. The number of ether oxygens (including phenoxy) is 1. The molecule has 166 valence electrons. The highest BCUT2D eigenvalue weighted by Crippen LogP contribution is 2.36. The van der Waals surface area contributed by atoms with Crippen molar-refractivity contribution in [3.63, 3.8) is 0 Å². The van der Waals surface area contributed by atoms with E-state index < -0.39 is 10.0 Å². The zero-order valence-corrected chi connectivity index (χ0v) is 19.5. The molecular formula is C23H28N2O4S2. The summed E-state index contributed by atoms with van der Waals surface area (Å²) in [6, 6.07) is 12.6. The lowest BCUT2D eigenvalue weighted by molar-refractivity contribution is 0.0934. The van der Waals surface area contributed by atoms with Crippen LogP contribution in [0.4, 0.5) is 0 Å². The number of sulfonamides is 1. The van der Waals surface area contributed by atoms with Gasteiger partial charge in [0.15, 0.2) is 0 Å². The largest absolute Gasteiger partial charge is 0.495 e. The fraction of sp³-hybridized carbons (Fsp3) is 0.435. The number of nitrogens with one attached hydrogen (secondary N) is 1. The summed E-state index contributed by atoms with van der Waals surface area (Å²) in [5, 5.41) is 3.09. The second kappa shape index (κ2) is 9.22. The molecule has 2 aliphatic heterocycles. The van der Waals surface area contributed by atoms with Crippen molar-refractivity contribution >= 4 is 27.7 Å². The molecule has 0 unspecified atom stereocenters. The second-order valence-corrected chi connectivity index (χ2v) is 11.0. The third-order valence-electron chi connectivity index (χ3n) is 6.02. The highest BCUT2D eigenvalue weighted by molar-refractivity contribution is 7.99. The van der Waals surface area contributed by atoms with E-state index in [0.717, 1.165) is 37.0 Å². The maximum atomic E-state index is 13.4. The van der Waals surface area contributed by atoms with Crippen molar-refractivity contribution in [2.45, 2.75) is 54.5 Å². The lowest BCUT2D eigenvalue weighted by Gasteiger charge is -2.32. The van der Waals surface area contributed by atoms with Crippen LogP contribution < -0.4 is 10.1 Å². The zero-order chi connectivity index (χ0) is 22.0. The van der Waals surface area contributed by atoms with Crippen molar-refractivity contribution in [3.05, 3.63) is 53.6 Å². The molecule has 1 saturated heterocycles. The van der Waals surface area contributed by atoms with Gasteiger partial charge in [0.1, 0.15) is 10.6 Å². The number of benzene rings is 2. The lowest BCUT2D eigenvalue weighted by Crippen LogP contribution is -2.42. The Morgan fingerprint density at radius 2 is 1.97 bits per heavy atom. The van der Waals surface area contributed by atoms with Gasteiger partial charge in [-0.3, -0.25) is 4.79 Å². The predicted octanol–water partition coefficient (Wildman–Crippen LogP) is 4.23. The Morgan fingerprint density at radius 3 is 2.74 bits per heavy atom. The number of carbonyl (C=O) groups excluding carboxylic acids is 1. The molecule has 4 rings (SSSR count). The molecule has 2 aromatic rings. The summed E-state index contributed by atoms with van der Waals surface area (Å²) in [5.74, 6) is 0.906. The van der Waals surface area contributed by atoms with E-state index in [0.29, 0.717) is 12.1 Å². The van der Waals surface area contributed by atoms with Crippen molar-refractivity contribution < 1.29 is 17.9 Å². The molecule has 0 aromatic heterocycles. The predicted molar refractivity (Wildman–Crippen MR) is 122 cm³/mol. The molecule has 1 N–H and O–H groups in total. The van der Waals surface area contributed by atoms with Crippen LogP contribution in [0, 0.1) is 0 Å². The van der Waals surface area contributed by atoms with E-state index >= 15 is 0 Å². The number of amides is 1. The quantitative estimate of drug-likeness (QED) is 0.723. The molecule has 0 spiro atoms.